The van der Waals surface area contributed by atoms with Gasteiger partial charge in [0.15, 0.2) is 0 Å². The number of ether oxygens (including phenoxy) is 1. The molecule has 0 aromatic rings. The number of nitrogens with one attached hydrogen (secondary N) is 1. The van der Waals surface area contributed by atoms with Crippen LogP contribution in [0.4, 0.5) is 0 Å². The predicted octanol–water partition coefficient (Wildman–Crippen LogP) is 2.68. The average Bonchev–Trinajstić information content (AvgIpc) is 2.66. The van der Waals surface area contributed by atoms with Gasteiger partial charge in [0.2, 0.25) is 0 Å². The van der Waals surface area contributed by atoms with E-state index >= 15 is 0 Å². The minimum Gasteiger partial charge on any atom is -0.381 e. The number of hydrogen-bond acceptors (Lipinski definition) is 3. The van der Waals surface area contributed by atoms with Crippen LogP contribution in [0.1, 0.15) is 39.5 Å². The summed E-state index contributed by atoms with van der Waals surface area (Å²) in [6, 6.07) is 0. The van der Waals surface area contributed by atoms with E-state index in [1.54, 1.807) is 0 Å². The summed E-state index contributed by atoms with van der Waals surface area (Å²) in [7, 11) is 0. The zero-order valence-corrected chi connectivity index (χ0v) is 11.5. The van der Waals surface area contributed by atoms with Crippen LogP contribution in [0.2, 0.25) is 0 Å². The number of thioether (sulfide) groups is 1. The normalized spacial score (nSPS) is 34.1. The topological polar surface area (TPSA) is 21.3 Å². The van der Waals surface area contributed by atoms with Crippen LogP contribution in [0, 0.1) is 5.41 Å². The second-order valence-corrected chi connectivity index (χ2v) is 7.61. The highest BCUT2D eigenvalue weighted by Crippen LogP contribution is 2.37. The minimum absolute atomic E-state index is 0.470. The third-order valence-electron chi connectivity index (χ3n) is 4.05. The lowest BCUT2D eigenvalue weighted by Gasteiger charge is -2.35. The van der Waals surface area contributed by atoms with Crippen molar-refractivity contribution in [2.75, 3.05) is 32.1 Å². The van der Waals surface area contributed by atoms with Gasteiger partial charge >= 0.3 is 0 Å². The molecular formula is C13H25NOS. The predicted molar refractivity (Wildman–Crippen MR) is 71.1 cm³/mol. The van der Waals surface area contributed by atoms with E-state index in [2.05, 4.69) is 30.9 Å². The van der Waals surface area contributed by atoms with E-state index in [1.807, 2.05) is 0 Å². The van der Waals surface area contributed by atoms with Gasteiger partial charge in [0.25, 0.3) is 0 Å². The van der Waals surface area contributed by atoms with E-state index in [0.717, 1.165) is 19.8 Å². The Morgan fingerprint density at radius 2 is 1.88 bits per heavy atom. The average molecular weight is 243 g/mol. The van der Waals surface area contributed by atoms with Crippen molar-refractivity contribution in [2.45, 2.75) is 44.3 Å². The van der Waals surface area contributed by atoms with Crippen LogP contribution in [0.5, 0.6) is 0 Å². The Hall–Kier alpha value is 0.270. The van der Waals surface area contributed by atoms with Crippen LogP contribution in [-0.4, -0.2) is 36.8 Å². The zero-order chi connectivity index (χ0) is 11.5. The fourth-order valence-corrected chi connectivity index (χ4v) is 3.92. The van der Waals surface area contributed by atoms with Crippen molar-refractivity contribution >= 4 is 11.8 Å². The van der Waals surface area contributed by atoms with E-state index in [9.17, 15) is 0 Å². The lowest BCUT2D eigenvalue weighted by molar-refractivity contribution is 0.0240. The molecule has 1 unspecified atom stereocenters. The first-order valence-electron chi connectivity index (χ1n) is 6.55. The van der Waals surface area contributed by atoms with E-state index in [1.165, 1.54) is 38.0 Å². The number of hydrogen-bond donors (Lipinski definition) is 1. The van der Waals surface area contributed by atoms with Gasteiger partial charge in [-0.2, -0.15) is 11.8 Å². The molecule has 94 valence electrons. The summed E-state index contributed by atoms with van der Waals surface area (Å²) >= 11 is 2.14. The van der Waals surface area contributed by atoms with Crippen LogP contribution in [0.3, 0.4) is 0 Å². The van der Waals surface area contributed by atoms with Crippen molar-refractivity contribution in [3.8, 4) is 0 Å². The summed E-state index contributed by atoms with van der Waals surface area (Å²) < 4.78 is 5.93. The Labute approximate surface area is 104 Å². The van der Waals surface area contributed by atoms with Crippen LogP contribution in [-0.2, 0) is 4.74 Å². The van der Waals surface area contributed by atoms with Gasteiger partial charge in [0, 0.05) is 31.1 Å². The van der Waals surface area contributed by atoms with Crippen molar-refractivity contribution in [3.63, 3.8) is 0 Å². The standard InChI is InChI=1S/C13H25NOS/c1-12(5-7-15-8-6-12)10-14-11-13(2)4-3-9-16-13/h14H,3-11H2,1-2H3. The molecule has 2 heterocycles. The van der Waals surface area contributed by atoms with Gasteiger partial charge in [-0.3, -0.25) is 0 Å². The van der Waals surface area contributed by atoms with Crippen molar-refractivity contribution in [1.29, 1.82) is 0 Å². The van der Waals surface area contributed by atoms with E-state index in [0.29, 0.717) is 10.2 Å². The van der Waals surface area contributed by atoms with E-state index in [4.69, 9.17) is 4.74 Å². The molecule has 2 nitrogen and oxygen atoms in total. The molecule has 2 saturated heterocycles. The molecule has 0 aromatic heterocycles. The maximum Gasteiger partial charge on any atom is 0.0471 e. The highest BCUT2D eigenvalue weighted by Gasteiger charge is 2.31. The van der Waals surface area contributed by atoms with Gasteiger partial charge < -0.3 is 10.1 Å². The summed E-state index contributed by atoms with van der Waals surface area (Å²) in [6.45, 7) is 9.03. The summed E-state index contributed by atoms with van der Waals surface area (Å²) in [4.78, 5) is 0. The minimum atomic E-state index is 0.470. The SMILES string of the molecule is CC1(CNCC2(C)CCCS2)CCOCC1. The second kappa shape index (κ2) is 5.28. The maximum absolute atomic E-state index is 5.43. The Morgan fingerprint density at radius 3 is 2.50 bits per heavy atom. The molecule has 2 rings (SSSR count). The Morgan fingerprint density at radius 1 is 1.12 bits per heavy atom. The molecule has 0 aliphatic carbocycles. The molecule has 2 fully saturated rings. The highest BCUT2D eigenvalue weighted by molar-refractivity contribution is 8.00. The lowest BCUT2D eigenvalue weighted by atomic mass is 9.82. The quantitative estimate of drug-likeness (QED) is 0.820. The molecule has 0 saturated carbocycles. The first-order chi connectivity index (χ1) is 7.62. The summed E-state index contributed by atoms with van der Waals surface area (Å²) in [6.07, 6.45) is 5.20. The van der Waals surface area contributed by atoms with Gasteiger partial charge in [-0.05, 0) is 43.8 Å². The first kappa shape index (κ1) is 12.7. The molecule has 0 spiro atoms. The lowest BCUT2D eigenvalue weighted by Crippen LogP contribution is -2.41. The van der Waals surface area contributed by atoms with Gasteiger partial charge in [0.1, 0.15) is 0 Å². The molecule has 0 amide bonds. The molecule has 2 aliphatic rings. The molecule has 1 atom stereocenters. The molecular weight excluding hydrogens is 218 g/mol. The van der Waals surface area contributed by atoms with Crippen LogP contribution in [0.15, 0.2) is 0 Å². The Bertz CT molecular complexity index is 220. The van der Waals surface area contributed by atoms with Crippen molar-refractivity contribution < 1.29 is 4.74 Å². The van der Waals surface area contributed by atoms with Gasteiger partial charge in [0.05, 0.1) is 0 Å². The second-order valence-electron chi connectivity index (χ2n) is 5.93. The van der Waals surface area contributed by atoms with Gasteiger partial charge in [-0.25, -0.2) is 0 Å². The smallest absolute Gasteiger partial charge is 0.0471 e. The summed E-state index contributed by atoms with van der Waals surface area (Å²) in [5.74, 6) is 1.35. The molecule has 0 radical (unpaired) electrons. The first-order valence-corrected chi connectivity index (χ1v) is 7.53. The van der Waals surface area contributed by atoms with Crippen LogP contribution in [0.25, 0.3) is 0 Å². The molecule has 0 bridgehead atoms. The number of rotatable bonds is 4. The van der Waals surface area contributed by atoms with Crippen molar-refractivity contribution in [1.82, 2.24) is 5.32 Å². The molecule has 0 aromatic carbocycles. The third kappa shape index (κ3) is 3.38. The van der Waals surface area contributed by atoms with Crippen LogP contribution < -0.4 is 5.32 Å². The fraction of sp³-hybridized carbons (Fsp3) is 1.00. The molecule has 16 heavy (non-hydrogen) atoms. The van der Waals surface area contributed by atoms with Crippen molar-refractivity contribution in [3.05, 3.63) is 0 Å². The Balaban J connectivity index is 1.70. The highest BCUT2D eigenvalue weighted by atomic mass is 32.2. The third-order valence-corrected chi connectivity index (χ3v) is 5.59. The van der Waals surface area contributed by atoms with Crippen molar-refractivity contribution in [2.24, 2.45) is 5.41 Å². The van der Waals surface area contributed by atoms with Crippen LogP contribution >= 0.6 is 11.8 Å². The van der Waals surface area contributed by atoms with E-state index in [-0.39, 0.29) is 0 Å². The van der Waals surface area contributed by atoms with Gasteiger partial charge in [-0.1, -0.05) is 6.92 Å². The zero-order valence-electron chi connectivity index (χ0n) is 10.7. The maximum atomic E-state index is 5.43. The molecule has 2 aliphatic heterocycles. The monoisotopic (exact) mass is 243 g/mol. The molecule has 1 N–H and O–H groups in total. The van der Waals surface area contributed by atoms with E-state index < -0.39 is 0 Å². The summed E-state index contributed by atoms with van der Waals surface area (Å²) in [5, 5.41) is 3.70. The largest absolute Gasteiger partial charge is 0.381 e. The molecule has 3 heteroatoms. The Kier molecular flexibility index (Phi) is 4.20. The van der Waals surface area contributed by atoms with Gasteiger partial charge in [-0.15, -0.1) is 0 Å². The fourth-order valence-electron chi connectivity index (χ4n) is 2.65. The summed E-state index contributed by atoms with van der Waals surface area (Å²) in [5.41, 5.74) is 0.470.